The summed E-state index contributed by atoms with van der Waals surface area (Å²) in [6.45, 7) is 6.78. The molecule has 0 aromatic heterocycles. The molecule has 19 heavy (non-hydrogen) atoms. The third-order valence-corrected chi connectivity index (χ3v) is 3.76. The number of benzene rings is 2. The number of hydrogen-bond acceptors (Lipinski definition) is 0. The molecule has 0 amide bonds. The van der Waals surface area contributed by atoms with Gasteiger partial charge in [-0.05, 0) is 46.7 Å². The number of hydrogen-bond donors (Lipinski definition) is 0. The predicted molar refractivity (Wildman–Crippen MR) is 85.9 cm³/mol. The summed E-state index contributed by atoms with van der Waals surface area (Å²) in [6.07, 6.45) is 7.27. The van der Waals surface area contributed by atoms with E-state index >= 15 is 0 Å². The van der Waals surface area contributed by atoms with E-state index < -0.39 is 0 Å². The monoisotopic (exact) mass is 254 g/mol. The molecule has 0 saturated carbocycles. The average Bonchev–Trinajstić information content (AvgIpc) is 2.40. The van der Waals surface area contributed by atoms with Crippen LogP contribution in [-0.4, -0.2) is 0 Å². The molecule has 0 unspecified atom stereocenters. The fraction of sp³-hybridized carbons (Fsp3) is 0.474. The second-order valence-corrected chi connectivity index (χ2v) is 5.56. The van der Waals surface area contributed by atoms with E-state index in [2.05, 4.69) is 51.1 Å². The molecule has 0 heteroatoms. The molecule has 0 spiro atoms. The van der Waals surface area contributed by atoms with Crippen LogP contribution in [0.4, 0.5) is 0 Å². The summed E-state index contributed by atoms with van der Waals surface area (Å²) in [5.41, 5.74) is 4.53. The van der Waals surface area contributed by atoms with Crippen molar-refractivity contribution in [3.63, 3.8) is 0 Å². The fourth-order valence-corrected chi connectivity index (χ4v) is 2.90. The molecule has 0 atom stereocenters. The Morgan fingerprint density at radius 2 is 1.37 bits per heavy atom. The summed E-state index contributed by atoms with van der Waals surface area (Å²) >= 11 is 0. The topological polar surface area (TPSA) is 0 Å². The van der Waals surface area contributed by atoms with Crippen molar-refractivity contribution >= 4 is 10.8 Å². The largest absolute Gasteiger partial charge is 0.0651 e. The summed E-state index contributed by atoms with van der Waals surface area (Å²) in [5.74, 6) is 0. The number of fused-ring (bicyclic) bond motifs is 1. The minimum atomic E-state index is 1.19. The first-order valence-corrected chi connectivity index (χ1v) is 7.82. The maximum Gasteiger partial charge on any atom is -0.0149 e. The molecule has 102 valence electrons. The van der Waals surface area contributed by atoms with Crippen molar-refractivity contribution in [2.24, 2.45) is 0 Å². The van der Waals surface area contributed by atoms with Crippen LogP contribution >= 0.6 is 0 Å². The standard InChI is InChI=1S/C19H26/c1-4-7-15-10-11-18-13-16(8-5-2)12-17(9-6-3)19(18)14-15/h10-14H,4-9H2,1-3H3. The molecule has 0 saturated heterocycles. The first-order chi connectivity index (χ1) is 9.28. The summed E-state index contributed by atoms with van der Waals surface area (Å²) in [5, 5.41) is 2.90. The zero-order chi connectivity index (χ0) is 13.7. The van der Waals surface area contributed by atoms with Gasteiger partial charge in [0.2, 0.25) is 0 Å². The molecule has 0 aliphatic rings. The van der Waals surface area contributed by atoms with Crippen LogP contribution in [0.2, 0.25) is 0 Å². The Hall–Kier alpha value is -1.30. The van der Waals surface area contributed by atoms with Crippen LogP contribution in [0.15, 0.2) is 30.3 Å². The second kappa shape index (κ2) is 6.75. The van der Waals surface area contributed by atoms with Crippen molar-refractivity contribution < 1.29 is 0 Å². The highest BCUT2D eigenvalue weighted by atomic mass is 14.1. The lowest BCUT2D eigenvalue weighted by molar-refractivity contribution is 0.900. The fourth-order valence-electron chi connectivity index (χ4n) is 2.90. The summed E-state index contributed by atoms with van der Waals surface area (Å²) in [7, 11) is 0. The maximum atomic E-state index is 2.44. The van der Waals surface area contributed by atoms with E-state index in [-0.39, 0.29) is 0 Å². The molecule has 0 nitrogen and oxygen atoms in total. The van der Waals surface area contributed by atoms with Gasteiger partial charge in [-0.15, -0.1) is 0 Å². The van der Waals surface area contributed by atoms with Crippen molar-refractivity contribution in [1.29, 1.82) is 0 Å². The van der Waals surface area contributed by atoms with Gasteiger partial charge in [0.05, 0.1) is 0 Å². The Morgan fingerprint density at radius 1 is 0.684 bits per heavy atom. The highest BCUT2D eigenvalue weighted by molar-refractivity contribution is 5.87. The highest BCUT2D eigenvalue weighted by Crippen LogP contribution is 2.25. The molecule has 0 aliphatic heterocycles. The molecule has 2 rings (SSSR count). The van der Waals surface area contributed by atoms with Gasteiger partial charge in [0, 0.05) is 0 Å². The van der Waals surface area contributed by atoms with E-state index in [1.165, 1.54) is 60.4 Å². The molecule has 2 aromatic rings. The Balaban J connectivity index is 2.51. The van der Waals surface area contributed by atoms with Gasteiger partial charge in [-0.2, -0.15) is 0 Å². The van der Waals surface area contributed by atoms with Crippen molar-refractivity contribution in [2.45, 2.75) is 59.3 Å². The second-order valence-electron chi connectivity index (χ2n) is 5.56. The van der Waals surface area contributed by atoms with E-state index in [1.54, 1.807) is 5.56 Å². The minimum Gasteiger partial charge on any atom is -0.0651 e. The van der Waals surface area contributed by atoms with E-state index in [0.717, 1.165) is 0 Å². The molecule has 0 N–H and O–H groups in total. The van der Waals surface area contributed by atoms with Gasteiger partial charge < -0.3 is 0 Å². The Bertz CT molecular complexity index is 537. The van der Waals surface area contributed by atoms with E-state index in [0.29, 0.717) is 0 Å². The Kier molecular flexibility index (Phi) is 5.01. The van der Waals surface area contributed by atoms with Crippen molar-refractivity contribution in [3.05, 3.63) is 47.0 Å². The van der Waals surface area contributed by atoms with E-state index in [1.807, 2.05) is 0 Å². The highest BCUT2D eigenvalue weighted by Gasteiger charge is 2.05. The molecule has 0 radical (unpaired) electrons. The average molecular weight is 254 g/mol. The smallest absolute Gasteiger partial charge is 0.0149 e. The zero-order valence-electron chi connectivity index (χ0n) is 12.6. The Labute approximate surface area is 117 Å². The van der Waals surface area contributed by atoms with Crippen molar-refractivity contribution in [1.82, 2.24) is 0 Å². The van der Waals surface area contributed by atoms with Crippen LogP contribution in [0.25, 0.3) is 10.8 Å². The summed E-state index contributed by atoms with van der Waals surface area (Å²) < 4.78 is 0. The first kappa shape index (κ1) is 14.1. The van der Waals surface area contributed by atoms with Gasteiger partial charge in [0.25, 0.3) is 0 Å². The van der Waals surface area contributed by atoms with Crippen LogP contribution in [0.3, 0.4) is 0 Å². The molecule has 0 fully saturated rings. The normalized spacial score (nSPS) is 11.1. The molecular formula is C19H26. The van der Waals surface area contributed by atoms with Crippen molar-refractivity contribution in [2.75, 3.05) is 0 Å². The predicted octanol–water partition coefficient (Wildman–Crippen LogP) is 5.70. The lowest BCUT2D eigenvalue weighted by atomic mass is 9.94. The zero-order valence-corrected chi connectivity index (χ0v) is 12.6. The van der Waals surface area contributed by atoms with Gasteiger partial charge >= 0.3 is 0 Å². The van der Waals surface area contributed by atoms with Gasteiger partial charge in [-0.25, -0.2) is 0 Å². The summed E-state index contributed by atoms with van der Waals surface area (Å²) in [6, 6.07) is 11.9. The van der Waals surface area contributed by atoms with Crippen LogP contribution in [0, 0.1) is 0 Å². The molecule has 0 bridgehead atoms. The van der Waals surface area contributed by atoms with Gasteiger partial charge in [0.15, 0.2) is 0 Å². The lowest BCUT2D eigenvalue weighted by Crippen LogP contribution is -1.93. The third-order valence-electron chi connectivity index (χ3n) is 3.76. The van der Waals surface area contributed by atoms with E-state index in [4.69, 9.17) is 0 Å². The number of rotatable bonds is 6. The van der Waals surface area contributed by atoms with Gasteiger partial charge in [0.1, 0.15) is 0 Å². The van der Waals surface area contributed by atoms with Gasteiger partial charge in [-0.1, -0.05) is 70.4 Å². The maximum absolute atomic E-state index is 2.44. The van der Waals surface area contributed by atoms with Crippen LogP contribution < -0.4 is 0 Å². The Morgan fingerprint density at radius 3 is 2.05 bits per heavy atom. The van der Waals surface area contributed by atoms with Crippen LogP contribution in [-0.2, 0) is 19.3 Å². The lowest BCUT2D eigenvalue weighted by Gasteiger charge is -2.11. The SMILES string of the molecule is CCCc1cc(CCC)c2cc(CCC)ccc2c1. The molecule has 2 aromatic carbocycles. The summed E-state index contributed by atoms with van der Waals surface area (Å²) in [4.78, 5) is 0. The third kappa shape index (κ3) is 3.37. The molecule has 0 heterocycles. The number of aryl methyl sites for hydroxylation is 3. The van der Waals surface area contributed by atoms with E-state index in [9.17, 15) is 0 Å². The first-order valence-electron chi connectivity index (χ1n) is 7.82. The van der Waals surface area contributed by atoms with Crippen LogP contribution in [0.5, 0.6) is 0 Å². The minimum absolute atomic E-state index is 1.19. The quantitative estimate of drug-likeness (QED) is 0.620. The van der Waals surface area contributed by atoms with Crippen LogP contribution in [0.1, 0.15) is 56.7 Å². The molecule has 0 aliphatic carbocycles. The van der Waals surface area contributed by atoms with Gasteiger partial charge in [-0.3, -0.25) is 0 Å². The molecular weight excluding hydrogens is 228 g/mol. The van der Waals surface area contributed by atoms with Crippen molar-refractivity contribution in [3.8, 4) is 0 Å².